The second kappa shape index (κ2) is 10.9. The van der Waals surface area contributed by atoms with E-state index in [0.29, 0.717) is 30.8 Å². The number of aromatic nitrogens is 3. The highest BCUT2D eigenvalue weighted by Gasteiger charge is 2.24. The summed E-state index contributed by atoms with van der Waals surface area (Å²) in [6.07, 6.45) is 4.82. The van der Waals surface area contributed by atoms with Crippen LogP contribution in [0.5, 0.6) is 0 Å². The van der Waals surface area contributed by atoms with Crippen LogP contribution in [0.1, 0.15) is 49.3 Å². The molecule has 2 aromatic carbocycles. The van der Waals surface area contributed by atoms with Gasteiger partial charge in [0.25, 0.3) is 0 Å². The van der Waals surface area contributed by atoms with Crippen molar-refractivity contribution in [3.8, 4) is 0 Å². The SMILES string of the molecule is CCCCCn1c(CN2CCN(c3cc4c(cc3F)c(=O)c(C(=O)O)cn4CC)CC2)nc2ccccc21. The van der Waals surface area contributed by atoms with Crippen LogP contribution in [-0.2, 0) is 19.6 Å². The Morgan fingerprint density at radius 1 is 1.05 bits per heavy atom. The van der Waals surface area contributed by atoms with Gasteiger partial charge < -0.3 is 19.1 Å². The van der Waals surface area contributed by atoms with Gasteiger partial charge in [0.1, 0.15) is 17.2 Å². The van der Waals surface area contributed by atoms with Gasteiger partial charge in [0.2, 0.25) is 5.43 Å². The lowest BCUT2D eigenvalue weighted by Crippen LogP contribution is -2.46. The molecule has 0 saturated carbocycles. The number of carbonyl (C=O) groups is 1. The number of carboxylic acids is 1. The van der Waals surface area contributed by atoms with Gasteiger partial charge in [-0.3, -0.25) is 9.69 Å². The predicted octanol–water partition coefficient (Wildman–Crippen LogP) is 4.72. The molecular formula is C29H34FN5O3. The first kappa shape index (κ1) is 25.9. The Labute approximate surface area is 220 Å². The normalized spacial score (nSPS) is 14.6. The smallest absolute Gasteiger partial charge is 0.341 e. The average molecular weight is 520 g/mol. The van der Waals surface area contributed by atoms with E-state index >= 15 is 4.39 Å². The average Bonchev–Trinajstić information content (AvgIpc) is 3.26. The summed E-state index contributed by atoms with van der Waals surface area (Å²) in [7, 11) is 0. The number of piperazine rings is 1. The van der Waals surface area contributed by atoms with E-state index in [9.17, 15) is 14.7 Å². The molecule has 1 aliphatic rings. The molecule has 0 amide bonds. The summed E-state index contributed by atoms with van der Waals surface area (Å²) < 4.78 is 19.3. The van der Waals surface area contributed by atoms with Crippen LogP contribution in [0.2, 0.25) is 0 Å². The minimum atomic E-state index is -1.31. The quantitative estimate of drug-likeness (QED) is 0.322. The highest BCUT2D eigenvalue weighted by Crippen LogP contribution is 2.27. The van der Waals surface area contributed by atoms with E-state index in [2.05, 4.69) is 34.6 Å². The number of hydrogen-bond donors (Lipinski definition) is 1. The van der Waals surface area contributed by atoms with E-state index < -0.39 is 17.2 Å². The fourth-order valence-corrected chi connectivity index (χ4v) is 5.42. The monoisotopic (exact) mass is 519 g/mol. The molecule has 0 spiro atoms. The molecular weight excluding hydrogens is 485 g/mol. The van der Waals surface area contributed by atoms with E-state index in [1.54, 1.807) is 10.6 Å². The Kier molecular flexibility index (Phi) is 7.46. The van der Waals surface area contributed by atoms with Gasteiger partial charge in [-0.05, 0) is 37.6 Å². The molecule has 1 aliphatic heterocycles. The summed E-state index contributed by atoms with van der Waals surface area (Å²) in [4.78, 5) is 33.5. The van der Waals surface area contributed by atoms with Crippen LogP contribution in [0.3, 0.4) is 0 Å². The van der Waals surface area contributed by atoms with E-state index in [4.69, 9.17) is 4.98 Å². The zero-order valence-corrected chi connectivity index (χ0v) is 22.0. The Balaban J connectivity index is 1.35. The number of unbranched alkanes of at least 4 members (excludes halogenated alkanes) is 2. The molecule has 1 saturated heterocycles. The molecule has 5 rings (SSSR count). The number of halogens is 1. The summed E-state index contributed by atoms with van der Waals surface area (Å²) in [6.45, 7) is 9.03. The second-order valence-corrected chi connectivity index (χ2v) is 9.92. The van der Waals surface area contributed by atoms with Crippen molar-refractivity contribution < 1.29 is 14.3 Å². The maximum absolute atomic E-state index is 15.3. The molecule has 4 aromatic rings. The Morgan fingerprint density at radius 3 is 2.53 bits per heavy atom. The highest BCUT2D eigenvalue weighted by molar-refractivity contribution is 5.93. The van der Waals surface area contributed by atoms with Gasteiger partial charge in [-0.1, -0.05) is 31.9 Å². The van der Waals surface area contributed by atoms with Crippen LogP contribution < -0.4 is 10.3 Å². The van der Waals surface area contributed by atoms with Gasteiger partial charge in [-0.15, -0.1) is 0 Å². The number of carboxylic acid groups (broad SMARTS) is 1. The van der Waals surface area contributed by atoms with Crippen molar-refractivity contribution in [2.45, 2.75) is 52.7 Å². The molecule has 0 unspecified atom stereocenters. The minimum absolute atomic E-state index is 0.0913. The first-order valence-electron chi connectivity index (χ1n) is 13.4. The van der Waals surface area contributed by atoms with Gasteiger partial charge in [0.15, 0.2) is 0 Å². The van der Waals surface area contributed by atoms with E-state index in [1.807, 2.05) is 17.9 Å². The van der Waals surface area contributed by atoms with Crippen molar-refractivity contribution in [2.24, 2.45) is 0 Å². The van der Waals surface area contributed by atoms with Gasteiger partial charge in [-0.2, -0.15) is 0 Å². The predicted molar refractivity (Wildman–Crippen MR) is 148 cm³/mol. The third-order valence-electron chi connectivity index (χ3n) is 7.52. The third-order valence-corrected chi connectivity index (χ3v) is 7.52. The lowest BCUT2D eigenvalue weighted by molar-refractivity contribution is 0.0695. The Hall–Kier alpha value is -3.72. The summed E-state index contributed by atoms with van der Waals surface area (Å²) in [5, 5.41) is 9.48. The lowest BCUT2D eigenvalue weighted by Gasteiger charge is -2.36. The van der Waals surface area contributed by atoms with Crippen LogP contribution in [0, 0.1) is 5.82 Å². The molecule has 2 aromatic heterocycles. The zero-order chi connectivity index (χ0) is 26.8. The van der Waals surface area contributed by atoms with Crippen molar-refractivity contribution in [1.82, 2.24) is 19.0 Å². The minimum Gasteiger partial charge on any atom is -0.477 e. The van der Waals surface area contributed by atoms with Crippen LogP contribution in [0.25, 0.3) is 21.9 Å². The van der Waals surface area contributed by atoms with Crippen molar-refractivity contribution in [3.63, 3.8) is 0 Å². The molecule has 0 aliphatic carbocycles. The lowest BCUT2D eigenvalue weighted by atomic mass is 10.1. The number of aryl methyl sites for hydroxylation is 2. The summed E-state index contributed by atoms with van der Waals surface area (Å²) >= 11 is 0. The standard InChI is InChI=1S/C29H34FN5O3/c1-3-5-8-11-35-24-10-7-6-9-23(24)31-27(35)19-32-12-14-34(15-13-32)26-17-25-20(16-22(26)30)28(36)21(29(37)38)18-33(25)4-2/h6-7,9-10,16-18H,3-5,8,11-15,19H2,1-2H3,(H,37,38). The summed E-state index contributed by atoms with van der Waals surface area (Å²) in [6, 6.07) is 11.1. The fraction of sp³-hybridized carbons (Fsp3) is 0.414. The molecule has 200 valence electrons. The molecule has 38 heavy (non-hydrogen) atoms. The third kappa shape index (κ3) is 4.90. The van der Waals surface area contributed by atoms with Gasteiger partial charge in [-0.25, -0.2) is 14.2 Å². The first-order valence-corrected chi connectivity index (χ1v) is 13.4. The number of para-hydroxylation sites is 2. The number of anilines is 1. The molecule has 0 atom stereocenters. The van der Waals surface area contributed by atoms with Crippen LogP contribution >= 0.6 is 0 Å². The van der Waals surface area contributed by atoms with E-state index in [1.165, 1.54) is 30.6 Å². The number of fused-ring (bicyclic) bond motifs is 2. The second-order valence-electron chi connectivity index (χ2n) is 9.92. The molecule has 0 bridgehead atoms. The van der Waals surface area contributed by atoms with Crippen LogP contribution in [0.4, 0.5) is 10.1 Å². The molecule has 0 radical (unpaired) electrons. The van der Waals surface area contributed by atoms with Crippen LogP contribution in [-0.4, -0.2) is 56.3 Å². The maximum Gasteiger partial charge on any atom is 0.341 e. The molecule has 3 heterocycles. The Bertz CT molecular complexity index is 1540. The largest absolute Gasteiger partial charge is 0.477 e. The summed E-state index contributed by atoms with van der Waals surface area (Å²) in [5.41, 5.74) is 2.17. The van der Waals surface area contributed by atoms with Gasteiger partial charge >= 0.3 is 5.97 Å². The maximum atomic E-state index is 15.3. The number of rotatable bonds is 9. The number of pyridine rings is 1. The molecule has 9 heteroatoms. The van der Waals surface area contributed by atoms with Crippen molar-refractivity contribution in [2.75, 3.05) is 31.1 Å². The summed E-state index contributed by atoms with van der Waals surface area (Å²) in [5.74, 6) is -0.751. The van der Waals surface area contributed by atoms with Gasteiger partial charge in [0.05, 0.1) is 28.8 Å². The zero-order valence-electron chi connectivity index (χ0n) is 22.0. The van der Waals surface area contributed by atoms with Crippen molar-refractivity contribution >= 4 is 33.6 Å². The number of benzene rings is 2. The van der Waals surface area contributed by atoms with E-state index in [0.717, 1.165) is 43.9 Å². The first-order chi connectivity index (χ1) is 18.4. The van der Waals surface area contributed by atoms with E-state index in [-0.39, 0.29) is 10.9 Å². The van der Waals surface area contributed by atoms with Crippen LogP contribution in [0.15, 0.2) is 47.4 Å². The molecule has 1 N–H and O–H groups in total. The fourth-order valence-electron chi connectivity index (χ4n) is 5.42. The molecule has 8 nitrogen and oxygen atoms in total. The topological polar surface area (TPSA) is 83.6 Å². The van der Waals surface area contributed by atoms with Crippen molar-refractivity contribution in [1.29, 1.82) is 0 Å². The number of hydrogen-bond acceptors (Lipinski definition) is 5. The number of nitrogens with zero attached hydrogens (tertiary/aromatic N) is 5. The van der Waals surface area contributed by atoms with Gasteiger partial charge in [0, 0.05) is 50.9 Å². The number of imidazole rings is 1. The van der Waals surface area contributed by atoms with Crippen molar-refractivity contribution in [3.05, 3.63) is 70.0 Å². The highest BCUT2D eigenvalue weighted by atomic mass is 19.1. The Morgan fingerprint density at radius 2 is 1.82 bits per heavy atom. The number of aromatic carboxylic acids is 1. The molecule has 1 fully saturated rings.